The van der Waals surface area contributed by atoms with Gasteiger partial charge in [0.25, 0.3) is 0 Å². The number of hydrogen-bond donors (Lipinski definition) is 1. The lowest BCUT2D eigenvalue weighted by atomic mass is 10.5. The van der Waals surface area contributed by atoms with E-state index in [9.17, 15) is 4.79 Å². The third-order valence-electron chi connectivity index (χ3n) is 0.548. The number of ether oxygens (including phenoxy) is 1. The Morgan fingerprint density at radius 1 is 2.00 bits per heavy atom. The van der Waals surface area contributed by atoms with Crippen molar-refractivity contribution in [3.63, 3.8) is 0 Å². The monoisotopic (exact) mass is 119 g/mol. The molecule has 8 heavy (non-hydrogen) atoms. The minimum Gasteiger partial charge on any atom is -0.369 e. The zero-order valence-electron chi connectivity index (χ0n) is 6.10. The van der Waals surface area contributed by atoms with Crippen LogP contribution < -0.4 is 5.73 Å². The van der Waals surface area contributed by atoms with Gasteiger partial charge < -0.3 is 10.5 Å². The Balaban J connectivity index is 3.17. The molecule has 0 aromatic rings. The molecule has 2 N–H and O–H groups in total. The predicted octanol–water partition coefficient (Wildman–Crippen LogP) is -0.103. The minimum atomic E-state index is -0.413. The molecule has 0 saturated heterocycles. The number of primary amides is 1. The Morgan fingerprint density at radius 2 is 2.62 bits per heavy atom. The molecule has 0 aromatic carbocycles. The van der Waals surface area contributed by atoms with Crippen molar-refractivity contribution in [3.05, 3.63) is 0 Å². The van der Waals surface area contributed by atoms with E-state index < -0.39 is 5.91 Å². The molecule has 0 heterocycles. The zero-order chi connectivity index (χ0) is 7.28. The molecule has 0 fully saturated rings. The average Bonchev–Trinajstić information content (AvgIpc) is 1.83. The van der Waals surface area contributed by atoms with Gasteiger partial charge in [-0.2, -0.15) is 0 Å². The van der Waals surface area contributed by atoms with E-state index in [1.54, 1.807) is 5.73 Å². The minimum absolute atomic E-state index is 0.0266. The first-order chi connectivity index (χ1) is 4.16. The highest BCUT2D eigenvalue weighted by Crippen LogP contribution is 1.84. The van der Waals surface area contributed by atoms with Crippen LogP contribution in [0.5, 0.6) is 0 Å². The Hall–Kier alpha value is -0.570. The maximum Gasteiger partial charge on any atom is 0.243 e. The molecule has 0 bridgehead atoms. The number of carbonyl (C=O) groups is 1. The van der Waals surface area contributed by atoms with E-state index in [1.807, 2.05) is 13.8 Å². The van der Waals surface area contributed by atoms with Gasteiger partial charge in [0.15, 0.2) is 1.41 Å². The summed E-state index contributed by atoms with van der Waals surface area (Å²) in [5.41, 5.74) is 1.71. The van der Waals surface area contributed by atoms with Crippen molar-refractivity contribution in [1.82, 2.24) is 0 Å². The van der Waals surface area contributed by atoms with Crippen molar-refractivity contribution in [3.8, 4) is 0 Å². The molecular weight excluding hydrogens is 106 g/mol. The maximum absolute atomic E-state index is 10.3. The van der Waals surface area contributed by atoms with Crippen LogP contribution in [0.3, 0.4) is 0 Å². The van der Waals surface area contributed by atoms with E-state index in [4.69, 9.17) is 6.15 Å². The number of rotatable bonds is 3. The molecule has 0 aliphatic carbocycles. The van der Waals surface area contributed by atoms with Gasteiger partial charge in [-0.15, -0.1) is 0 Å². The van der Waals surface area contributed by atoms with Gasteiger partial charge >= 0.3 is 0 Å². The summed E-state index contributed by atoms with van der Waals surface area (Å²) in [6, 6.07) is 0. The second-order valence-electron chi connectivity index (χ2n) is 1.78. The van der Waals surface area contributed by atoms with E-state index in [0.717, 1.165) is 0 Å². The van der Waals surface area contributed by atoms with Gasteiger partial charge in [-0.1, -0.05) is 0 Å². The first-order valence-electron chi connectivity index (χ1n) is 2.99. The van der Waals surface area contributed by atoms with Gasteiger partial charge in [0, 0.05) is 0 Å². The lowest BCUT2D eigenvalue weighted by Crippen LogP contribution is -2.20. The molecule has 0 spiro atoms. The maximum atomic E-state index is 10.3. The fourth-order valence-corrected chi connectivity index (χ4v) is 0.242. The summed E-state index contributed by atoms with van der Waals surface area (Å²) in [6.07, 6.45) is 0.0438. The van der Waals surface area contributed by atoms with Crippen LogP contribution in [0.4, 0.5) is 0 Å². The van der Waals surface area contributed by atoms with E-state index >= 15 is 0 Å². The molecule has 0 rings (SSSR count). The Labute approximate surface area is 50.3 Å². The van der Waals surface area contributed by atoms with Gasteiger partial charge in [-0.25, -0.2) is 0 Å². The van der Waals surface area contributed by atoms with Crippen molar-refractivity contribution in [2.24, 2.45) is 5.73 Å². The number of hydrogen-bond acceptors (Lipinski definition) is 2. The van der Waals surface area contributed by atoms with Gasteiger partial charge in [-0.05, 0) is 13.8 Å². The van der Waals surface area contributed by atoms with Crippen LogP contribution in [-0.2, 0) is 9.53 Å². The fourth-order valence-electron chi connectivity index (χ4n) is 0.242. The van der Waals surface area contributed by atoms with E-state index in [-0.39, 0.29) is 12.7 Å². The standard InChI is InChI=1S/C5H11NO2/c1-4(2)8-3-5(6)7/h4H,3H2,1-2H3,(H2,6,7)/i/hT. The fraction of sp³-hybridized carbons (Fsp3) is 0.800. The number of nitrogens with two attached hydrogens (primary N) is 1. The molecule has 0 saturated carbocycles. The van der Waals surface area contributed by atoms with Gasteiger partial charge in [0.05, 0.1) is 6.10 Å². The molecule has 48 valence electrons. The Morgan fingerprint density at radius 3 is 3.00 bits per heavy atom. The Kier molecular flexibility index (Phi) is 2.39. The highest BCUT2D eigenvalue weighted by atomic mass is 16.5. The second kappa shape index (κ2) is 3.43. The quantitative estimate of drug-likeness (QED) is 0.564. The zero-order valence-corrected chi connectivity index (χ0v) is 5.10. The predicted molar refractivity (Wildman–Crippen MR) is 30.3 cm³/mol. The van der Waals surface area contributed by atoms with Crippen molar-refractivity contribution in [2.45, 2.75) is 20.0 Å². The van der Waals surface area contributed by atoms with Crippen LogP contribution in [0, 0.1) is 0 Å². The van der Waals surface area contributed by atoms with Gasteiger partial charge in [0.1, 0.15) is 6.61 Å². The van der Waals surface area contributed by atoms with Gasteiger partial charge in [0.2, 0.25) is 5.91 Å². The summed E-state index contributed by atoms with van der Waals surface area (Å²) in [6.45, 7) is 3.63. The topological polar surface area (TPSA) is 52.3 Å². The lowest BCUT2D eigenvalue weighted by molar-refractivity contribution is -0.123. The molecular formula is C5H11NO2. The Bertz CT molecular complexity index is 95.0. The molecule has 1 amide bonds. The molecule has 0 aliphatic rings. The normalized spacial score (nSPS) is 11.1. The van der Waals surface area contributed by atoms with Crippen LogP contribution in [0.25, 0.3) is 0 Å². The van der Waals surface area contributed by atoms with Gasteiger partial charge in [-0.3, -0.25) is 4.79 Å². The van der Waals surface area contributed by atoms with E-state index in [2.05, 4.69) is 0 Å². The molecule has 0 aliphatic heterocycles. The molecule has 3 nitrogen and oxygen atoms in total. The van der Waals surface area contributed by atoms with Crippen molar-refractivity contribution in [1.29, 1.82) is 0 Å². The third kappa shape index (κ3) is 5.43. The summed E-state index contributed by atoms with van der Waals surface area (Å²) in [5.74, 6) is -0.413. The summed E-state index contributed by atoms with van der Waals surface area (Å²) in [7, 11) is 0. The summed E-state index contributed by atoms with van der Waals surface area (Å²) in [4.78, 5) is 10.3. The molecule has 0 unspecified atom stereocenters. The van der Waals surface area contributed by atoms with Crippen LogP contribution in [0.1, 0.15) is 13.8 Å². The number of amides is 1. The van der Waals surface area contributed by atoms with Crippen LogP contribution >= 0.6 is 0 Å². The molecule has 3 heteroatoms. The highest BCUT2D eigenvalue weighted by Gasteiger charge is 1.95. The first-order valence-corrected chi connectivity index (χ1v) is 2.49. The summed E-state index contributed by atoms with van der Waals surface area (Å²) in [5, 5.41) is 0. The van der Waals surface area contributed by atoms with Crippen molar-refractivity contribution < 1.29 is 10.9 Å². The smallest absolute Gasteiger partial charge is 0.243 e. The highest BCUT2D eigenvalue weighted by molar-refractivity contribution is 5.74. The van der Waals surface area contributed by atoms with E-state index in [0.29, 0.717) is 0 Å². The number of carbonyl (C=O) groups excluding carboxylic acids is 1. The van der Waals surface area contributed by atoms with Crippen LogP contribution in [0.15, 0.2) is 0 Å². The molecule has 0 radical (unpaired) electrons. The summed E-state index contributed by atoms with van der Waals surface area (Å²) >= 11 is 0. The SMILES string of the molecule is [3H]NC(=O)COC(C)C. The summed E-state index contributed by atoms with van der Waals surface area (Å²) < 4.78 is 11.2. The molecule has 0 aromatic heterocycles. The average molecular weight is 119 g/mol. The first kappa shape index (κ1) is 5.56. The largest absolute Gasteiger partial charge is 0.369 e. The van der Waals surface area contributed by atoms with Crippen molar-refractivity contribution in [2.75, 3.05) is 6.61 Å². The second-order valence-corrected chi connectivity index (χ2v) is 1.78. The van der Waals surface area contributed by atoms with Crippen LogP contribution in [0.2, 0.25) is 1.41 Å². The van der Waals surface area contributed by atoms with Crippen LogP contribution in [-0.4, -0.2) is 18.6 Å². The van der Waals surface area contributed by atoms with E-state index in [1.165, 1.54) is 0 Å². The lowest BCUT2D eigenvalue weighted by Gasteiger charge is -2.02. The van der Waals surface area contributed by atoms with Crippen molar-refractivity contribution >= 4 is 5.91 Å². The molecule has 0 atom stereocenters. The third-order valence-corrected chi connectivity index (χ3v) is 0.548.